The summed E-state index contributed by atoms with van der Waals surface area (Å²) in [5.74, 6) is 0.877. The molecular weight excluding hydrogens is 390 g/mol. The highest BCUT2D eigenvalue weighted by Gasteiger charge is 2.20. The van der Waals surface area contributed by atoms with E-state index in [1.165, 1.54) is 6.20 Å². The van der Waals surface area contributed by atoms with Crippen LogP contribution in [0.15, 0.2) is 49.4 Å². The number of aromatic nitrogens is 4. The fraction of sp³-hybridized carbons (Fsp3) is 0.227. The van der Waals surface area contributed by atoms with Crippen LogP contribution in [0, 0.1) is 11.3 Å². The van der Waals surface area contributed by atoms with Gasteiger partial charge >= 0.3 is 0 Å². The van der Waals surface area contributed by atoms with E-state index in [4.69, 9.17) is 11.5 Å². The van der Waals surface area contributed by atoms with Crippen LogP contribution in [-0.4, -0.2) is 39.1 Å². The van der Waals surface area contributed by atoms with Gasteiger partial charge in [0.25, 0.3) is 0 Å². The van der Waals surface area contributed by atoms with Crippen LogP contribution in [0.4, 0.5) is 17.3 Å². The van der Waals surface area contributed by atoms with Crippen molar-refractivity contribution in [2.45, 2.75) is 18.9 Å². The fourth-order valence-corrected chi connectivity index (χ4v) is 3.53. The standard InChI is InChI=1S/C22H23N9/c1-14(29-22-18(5-3-9-27-22)31-10-6-16(24)7-11-31)19-21(25)28-13-17(30-19)20-15(12-23)4-2-8-26-20/h2-5,8-9,13,16H,1,6-7,10-11,24H2,(H2,25,28)(H,27,29). The van der Waals surface area contributed by atoms with Crippen molar-refractivity contribution in [2.75, 3.05) is 29.0 Å². The molecule has 0 aliphatic carbocycles. The van der Waals surface area contributed by atoms with E-state index in [1.807, 2.05) is 12.1 Å². The quantitative estimate of drug-likeness (QED) is 0.574. The molecule has 31 heavy (non-hydrogen) atoms. The third-order valence-electron chi connectivity index (χ3n) is 5.19. The van der Waals surface area contributed by atoms with E-state index in [-0.39, 0.29) is 11.9 Å². The highest BCUT2D eigenvalue weighted by atomic mass is 15.2. The van der Waals surface area contributed by atoms with E-state index < -0.39 is 0 Å². The minimum atomic E-state index is 0.220. The van der Waals surface area contributed by atoms with Crippen molar-refractivity contribution in [1.29, 1.82) is 5.26 Å². The number of anilines is 3. The zero-order valence-electron chi connectivity index (χ0n) is 17.0. The highest BCUT2D eigenvalue weighted by Crippen LogP contribution is 2.29. The van der Waals surface area contributed by atoms with E-state index >= 15 is 0 Å². The molecule has 0 aromatic carbocycles. The number of nitrogens with zero attached hydrogens (tertiary/aromatic N) is 6. The number of pyridine rings is 2. The molecule has 3 aromatic heterocycles. The Morgan fingerprint density at radius 1 is 1.16 bits per heavy atom. The molecule has 0 atom stereocenters. The van der Waals surface area contributed by atoms with Crippen molar-refractivity contribution in [2.24, 2.45) is 5.73 Å². The molecule has 0 bridgehead atoms. The van der Waals surface area contributed by atoms with Crippen molar-refractivity contribution in [3.63, 3.8) is 0 Å². The van der Waals surface area contributed by atoms with Crippen LogP contribution in [0.3, 0.4) is 0 Å². The van der Waals surface area contributed by atoms with Crippen LogP contribution in [0.5, 0.6) is 0 Å². The van der Waals surface area contributed by atoms with Crippen molar-refractivity contribution in [3.8, 4) is 17.5 Å². The van der Waals surface area contributed by atoms with E-state index in [0.29, 0.717) is 34.2 Å². The molecule has 0 amide bonds. The number of nitrogens with two attached hydrogens (primary N) is 2. The lowest BCUT2D eigenvalue weighted by Gasteiger charge is -2.33. The summed E-state index contributed by atoms with van der Waals surface area (Å²) >= 11 is 0. The second-order valence-electron chi connectivity index (χ2n) is 7.30. The lowest BCUT2D eigenvalue weighted by Crippen LogP contribution is -2.40. The normalized spacial score (nSPS) is 14.1. The first-order valence-corrected chi connectivity index (χ1v) is 9.96. The van der Waals surface area contributed by atoms with E-state index in [9.17, 15) is 5.26 Å². The lowest BCUT2D eigenvalue weighted by molar-refractivity contribution is 0.501. The number of hydrogen-bond donors (Lipinski definition) is 3. The molecule has 3 aromatic rings. The second kappa shape index (κ2) is 8.77. The first-order valence-electron chi connectivity index (χ1n) is 9.96. The number of hydrogen-bond acceptors (Lipinski definition) is 9. The van der Waals surface area contributed by atoms with Gasteiger partial charge in [0.15, 0.2) is 11.6 Å². The molecule has 0 radical (unpaired) electrons. The van der Waals surface area contributed by atoms with Gasteiger partial charge in [0.2, 0.25) is 0 Å². The minimum Gasteiger partial charge on any atom is -0.382 e. The van der Waals surface area contributed by atoms with Gasteiger partial charge in [0.05, 0.1) is 23.1 Å². The molecule has 1 aliphatic heterocycles. The monoisotopic (exact) mass is 413 g/mol. The third-order valence-corrected chi connectivity index (χ3v) is 5.19. The average Bonchev–Trinajstić information content (AvgIpc) is 2.80. The first kappa shape index (κ1) is 20.3. The van der Waals surface area contributed by atoms with Gasteiger partial charge in [-0.3, -0.25) is 4.98 Å². The molecule has 156 valence electrons. The summed E-state index contributed by atoms with van der Waals surface area (Å²) in [7, 11) is 0. The maximum absolute atomic E-state index is 9.36. The number of nitrogen functional groups attached to an aromatic ring is 1. The molecule has 0 unspecified atom stereocenters. The summed E-state index contributed by atoms with van der Waals surface area (Å²) in [6.07, 6.45) is 6.68. The number of piperidine rings is 1. The Morgan fingerprint density at radius 3 is 2.68 bits per heavy atom. The van der Waals surface area contributed by atoms with Crippen LogP contribution in [-0.2, 0) is 0 Å². The topological polar surface area (TPSA) is 143 Å². The maximum Gasteiger partial charge on any atom is 0.154 e. The molecule has 5 N–H and O–H groups in total. The van der Waals surface area contributed by atoms with Crippen molar-refractivity contribution in [3.05, 3.63) is 60.7 Å². The van der Waals surface area contributed by atoms with Gasteiger partial charge in [0.1, 0.15) is 23.2 Å². The highest BCUT2D eigenvalue weighted by molar-refractivity contribution is 5.82. The predicted molar refractivity (Wildman–Crippen MR) is 121 cm³/mol. The Labute approximate surface area is 180 Å². The van der Waals surface area contributed by atoms with E-state index in [1.54, 1.807) is 24.5 Å². The van der Waals surface area contributed by atoms with Crippen LogP contribution < -0.4 is 21.7 Å². The van der Waals surface area contributed by atoms with Crippen molar-refractivity contribution < 1.29 is 0 Å². The summed E-state index contributed by atoms with van der Waals surface area (Å²) in [4.78, 5) is 19.8. The number of rotatable bonds is 5. The lowest BCUT2D eigenvalue weighted by atomic mass is 10.1. The van der Waals surface area contributed by atoms with Crippen LogP contribution in [0.25, 0.3) is 17.1 Å². The molecular formula is C22H23N9. The molecule has 4 rings (SSSR count). The molecule has 9 nitrogen and oxygen atoms in total. The Hall–Kier alpha value is -4.03. The third kappa shape index (κ3) is 4.29. The summed E-state index contributed by atoms with van der Waals surface area (Å²) in [5, 5.41) is 12.6. The minimum absolute atomic E-state index is 0.220. The molecule has 0 spiro atoms. The maximum atomic E-state index is 9.36. The predicted octanol–water partition coefficient (Wildman–Crippen LogP) is 2.40. The van der Waals surface area contributed by atoms with Crippen molar-refractivity contribution >= 4 is 23.0 Å². The Kier molecular flexibility index (Phi) is 5.73. The van der Waals surface area contributed by atoms with E-state index in [0.717, 1.165) is 31.6 Å². The zero-order valence-corrected chi connectivity index (χ0v) is 17.0. The second-order valence-corrected chi connectivity index (χ2v) is 7.30. The van der Waals surface area contributed by atoms with Crippen LogP contribution >= 0.6 is 0 Å². The Bertz CT molecular complexity index is 1140. The number of nitrogens with one attached hydrogen (secondary N) is 1. The van der Waals surface area contributed by atoms with Gasteiger partial charge in [-0.05, 0) is 37.1 Å². The van der Waals surface area contributed by atoms with Crippen LogP contribution in [0.1, 0.15) is 24.1 Å². The van der Waals surface area contributed by atoms with Gasteiger partial charge < -0.3 is 21.7 Å². The van der Waals surface area contributed by atoms with E-state index in [2.05, 4.69) is 42.8 Å². The van der Waals surface area contributed by atoms with Gasteiger partial charge in [-0.2, -0.15) is 5.26 Å². The van der Waals surface area contributed by atoms with Gasteiger partial charge in [-0.25, -0.2) is 15.0 Å². The van der Waals surface area contributed by atoms with Gasteiger partial charge in [0, 0.05) is 31.5 Å². The van der Waals surface area contributed by atoms with Crippen LogP contribution in [0.2, 0.25) is 0 Å². The smallest absolute Gasteiger partial charge is 0.154 e. The summed E-state index contributed by atoms with van der Waals surface area (Å²) in [5.41, 5.74) is 15.2. The molecule has 0 saturated carbocycles. The molecule has 1 fully saturated rings. The average molecular weight is 413 g/mol. The fourth-order valence-electron chi connectivity index (χ4n) is 3.53. The van der Waals surface area contributed by atoms with Gasteiger partial charge in [-0.15, -0.1) is 0 Å². The molecule has 9 heteroatoms. The molecule has 1 saturated heterocycles. The largest absolute Gasteiger partial charge is 0.382 e. The number of nitriles is 1. The Morgan fingerprint density at radius 2 is 1.90 bits per heavy atom. The van der Waals surface area contributed by atoms with Crippen molar-refractivity contribution in [1.82, 2.24) is 19.9 Å². The first-order chi connectivity index (χ1) is 15.1. The summed E-state index contributed by atoms with van der Waals surface area (Å²) in [6.45, 7) is 5.83. The zero-order chi connectivity index (χ0) is 21.8. The Balaban J connectivity index is 1.62. The molecule has 1 aliphatic rings. The van der Waals surface area contributed by atoms with Gasteiger partial charge in [-0.1, -0.05) is 6.58 Å². The summed E-state index contributed by atoms with van der Waals surface area (Å²) < 4.78 is 0. The SMILES string of the molecule is C=C(Nc1ncccc1N1CCC(N)CC1)c1nc(-c2ncccc2C#N)cnc1N. The summed E-state index contributed by atoms with van der Waals surface area (Å²) in [6, 6.07) is 9.65. The molecule has 4 heterocycles.